The van der Waals surface area contributed by atoms with Crippen molar-refractivity contribution in [1.29, 1.82) is 0 Å². The molecule has 1 amide bonds. The molecule has 0 bridgehead atoms. The SMILES string of the molecule is CC(C)(Cc1ccccc1)N[C@@H](CCC(N)=O)C(=O)OC(=O)c1ccc(-c2ccc(Cl)cc2)s1. The number of hydrogen-bond donors (Lipinski definition) is 2. The molecule has 0 unspecified atom stereocenters. The van der Waals surface area contributed by atoms with Crippen LogP contribution < -0.4 is 11.1 Å². The van der Waals surface area contributed by atoms with Gasteiger partial charge in [0.1, 0.15) is 10.9 Å². The Balaban J connectivity index is 1.69. The quantitative estimate of drug-likeness (QED) is 0.303. The minimum absolute atomic E-state index is 0.0118. The molecule has 1 heterocycles. The van der Waals surface area contributed by atoms with Crippen molar-refractivity contribution in [3.8, 4) is 10.4 Å². The second-order valence-electron chi connectivity index (χ2n) is 8.63. The molecule has 0 spiro atoms. The molecule has 8 heteroatoms. The number of amides is 1. The molecule has 0 aliphatic carbocycles. The summed E-state index contributed by atoms with van der Waals surface area (Å²) in [6.45, 7) is 3.90. The Bertz CT molecular complexity index is 1140. The van der Waals surface area contributed by atoms with Crippen LogP contribution in [0.5, 0.6) is 0 Å². The molecule has 0 aliphatic rings. The van der Waals surface area contributed by atoms with Crippen molar-refractivity contribution >= 4 is 40.8 Å². The van der Waals surface area contributed by atoms with E-state index in [1.54, 1.807) is 24.3 Å². The van der Waals surface area contributed by atoms with Crippen LogP contribution in [-0.2, 0) is 20.7 Å². The third-order valence-corrected chi connectivity index (χ3v) is 6.51. The minimum atomic E-state index is -0.870. The summed E-state index contributed by atoms with van der Waals surface area (Å²) in [6.07, 6.45) is 0.750. The van der Waals surface area contributed by atoms with Crippen LogP contribution in [0.25, 0.3) is 10.4 Å². The first-order valence-electron chi connectivity index (χ1n) is 10.8. The van der Waals surface area contributed by atoms with E-state index in [9.17, 15) is 14.4 Å². The molecule has 3 rings (SSSR count). The Labute approximate surface area is 208 Å². The molecule has 0 saturated carbocycles. The van der Waals surface area contributed by atoms with E-state index in [1.165, 1.54) is 11.3 Å². The molecular formula is C26H27ClN2O4S. The topological polar surface area (TPSA) is 98.5 Å². The number of halogens is 1. The van der Waals surface area contributed by atoms with Gasteiger partial charge in [-0.3, -0.25) is 10.1 Å². The molecule has 1 atom stereocenters. The highest BCUT2D eigenvalue weighted by atomic mass is 35.5. The van der Waals surface area contributed by atoms with E-state index >= 15 is 0 Å². The van der Waals surface area contributed by atoms with Gasteiger partial charge in [-0.2, -0.15) is 0 Å². The standard InChI is InChI=1S/C26H27ClN2O4S/c1-26(2,16-17-6-4-3-5-7-17)29-20(12-15-23(28)30)24(31)33-25(32)22-14-13-21(34-22)18-8-10-19(27)11-9-18/h3-11,13-14,20,29H,12,15-16H2,1-2H3,(H2,28,30)/t20-/m0/s1. The van der Waals surface area contributed by atoms with Gasteiger partial charge in [-0.25, -0.2) is 9.59 Å². The predicted octanol–water partition coefficient (Wildman–Crippen LogP) is 5.00. The second kappa shape index (κ2) is 11.4. The van der Waals surface area contributed by atoms with Crippen LogP contribution in [0.4, 0.5) is 0 Å². The Morgan fingerprint density at radius 3 is 2.35 bits per heavy atom. The molecule has 0 aliphatic heterocycles. The number of carbonyl (C=O) groups is 3. The van der Waals surface area contributed by atoms with E-state index in [1.807, 2.05) is 56.3 Å². The van der Waals surface area contributed by atoms with Crippen molar-refractivity contribution in [3.63, 3.8) is 0 Å². The number of nitrogens with two attached hydrogens (primary N) is 1. The molecule has 2 aromatic carbocycles. The van der Waals surface area contributed by atoms with Crippen LogP contribution in [0.1, 0.15) is 41.9 Å². The largest absolute Gasteiger partial charge is 0.388 e. The van der Waals surface area contributed by atoms with Crippen LogP contribution in [0.15, 0.2) is 66.7 Å². The van der Waals surface area contributed by atoms with Gasteiger partial charge in [0.15, 0.2) is 0 Å². The van der Waals surface area contributed by atoms with Crippen molar-refractivity contribution in [1.82, 2.24) is 5.32 Å². The molecule has 3 N–H and O–H groups in total. The summed E-state index contributed by atoms with van der Waals surface area (Å²) < 4.78 is 5.19. The maximum Gasteiger partial charge on any atom is 0.356 e. The molecule has 0 saturated heterocycles. The van der Waals surface area contributed by atoms with Gasteiger partial charge < -0.3 is 10.5 Å². The lowest BCUT2D eigenvalue weighted by Crippen LogP contribution is -2.51. The van der Waals surface area contributed by atoms with Gasteiger partial charge in [0.05, 0.1) is 0 Å². The summed E-state index contributed by atoms with van der Waals surface area (Å²) in [4.78, 5) is 38.1. The molecule has 0 radical (unpaired) electrons. The van der Waals surface area contributed by atoms with E-state index in [0.717, 1.165) is 16.0 Å². The number of hydrogen-bond acceptors (Lipinski definition) is 6. The van der Waals surface area contributed by atoms with E-state index < -0.39 is 29.4 Å². The summed E-state index contributed by atoms with van der Waals surface area (Å²) >= 11 is 7.16. The number of rotatable bonds is 10. The molecule has 178 valence electrons. The van der Waals surface area contributed by atoms with E-state index in [4.69, 9.17) is 22.1 Å². The number of carbonyl (C=O) groups excluding carboxylic acids is 3. The molecule has 0 fully saturated rings. The van der Waals surface area contributed by atoms with Gasteiger partial charge in [0.25, 0.3) is 0 Å². The van der Waals surface area contributed by atoms with Crippen molar-refractivity contribution in [2.45, 2.75) is 44.7 Å². The fraction of sp³-hybridized carbons (Fsp3) is 0.269. The Hall–Kier alpha value is -3.00. The molecule has 3 aromatic rings. The highest BCUT2D eigenvalue weighted by Gasteiger charge is 2.30. The second-order valence-corrected chi connectivity index (χ2v) is 10.1. The highest BCUT2D eigenvalue weighted by Crippen LogP contribution is 2.29. The number of thiophene rings is 1. The van der Waals surface area contributed by atoms with E-state index in [2.05, 4.69) is 5.32 Å². The Morgan fingerprint density at radius 1 is 1.03 bits per heavy atom. The number of primary amides is 1. The maximum absolute atomic E-state index is 12.9. The molecule has 34 heavy (non-hydrogen) atoms. The van der Waals surface area contributed by atoms with Crippen molar-refractivity contribution in [3.05, 3.63) is 82.2 Å². The van der Waals surface area contributed by atoms with Crippen molar-refractivity contribution < 1.29 is 19.1 Å². The summed E-state index contributed by atoms with van der Waals surface area (Å²) in [5.74, 6) is -2.01. The lowest BCUT2D eigenvalue weighted by atomic mass is 9.93. The van der Waals surface area contributed by atoms with Crippen LogP contribution in [0.3, 0.4) is 0 Å². The summed E-state index contributed by atoms with van der Waals surface area (Å²) in [6, 6.07) is 19.6. The van der Waals surface area contributed by atoms with E-state index in [0.29, 0.717) is 16.3 Å². The first kappa shape index (κ1) is 25.6. The van der Waals surface area contributed by atoms with Crippen molar-refractivity contribution in [2.24, 2.45) is 5.73 Å². The number of ether oxygens (including phenoxy) is 1. The molecule has 6 nitrogen and oxygen atoms in total. The average molecular weight is 499 g/mol. The first-order valence-corrected chi connectivity index (χ1v) is 12.0. The van der Waals surface area contributed by atoms with Gasteiger partial charge in [-0.15, -0.1) is 11.3 Å². The predicted molar refractivity (Wildman–Crippen MR) is 135 cm³/mol. The summed E-state index contributed by atoms with van der Waals surface area (Å²) in [5, 5.41) is 3.87. The fourth-order valence-electron chi connectivity index (χ4n) is 3.59. The molecule has 1 aromatic heterocycles. The van der Waals surface area contributed by atoms with Crippen molar-refractivity contribution in [2.75, 3.05) is 0 Å². The average Bonchev–Trinajstić information content (AvgIpc) is 3.28. The molecular weight excluding hydrogens is 472 g/mol. The number of benzene rings is 2. The number of nitrogens with one attached hydrogen (secondary N) is 1. The van der Waals surface area contributed by atoms with Gasteiger partial charge >= 0.3 is 11.9 Å². The van der Waals surface area contributed by atoms with Crippen LogP contribution in [-0.4, -0.2) is 29.4 Å². The van der Waals surface area contributed by atoms with E-state index in [-0.39, 0.29) is 12.8 Å². The Morgan fingerprint density at radius 2 is 1.71 bits per heavy atom. The highest BCUT2D eigenvalue weighted by molar-refractivity contribution is 7.17. The number of esters is 2. The monoisotopic (exact) mass is 498 g/mol. The third-order valence-electron chi connectivity index (χ3n) is 5.15. The summed E-state index contributed by atoms with van der Waals surface area (Å²) in [5.41, 5.74) is 6.79. The first-order chi connectivity index (χ1) is 16.1. The van der Waals surface area contributed by atoms with Gasteiger partial charge in [-0.05, 0) is 62.1 Å². The zero-order chi connectivity index (χ0) is 24.7. The lowest BCUT2D eigenvalue weighted by Gasteiger charge is -2.31. The van der Waals surface area contributed by atoms with Crippen LogP contribution in [0.2, 0.25) is 5.02 Å². The van der Waals surface area contributed by atoms with Gasteiger partial charge in [0, 0.05) is 21.9 Å². The zero-order valence-electron chi connectivity index (χ0n) is 19.0. The normalized spacial score (nSPS) is 12.2. The van der Waals surface area contributed by atoms with Gasteiger partial charge in [-0.1, -0.05) is 54.1 Å². The lowest BCUT2D eigenvalue weighted by molar-refractivity contribution is -0.141. The zero-order valence-corrected chi connectivity index (χ0v) is 20.6. The van der Waals surface area contributed by atoms with Crippen LogP contribution >= 0.6 is 22.9 Å². The van der Waals surface area contributed by atoms with Gasteiger partial charge in [0.2, 0.25) is 5.91 Å². The maximum atomic E-state index is 12.9. The smallest absolute Gasteiger partial charge is 0.356 e. The van der Waals surface area contributed by atoms with Crippen LogP contribution in [0, 0.1) is 0 Å². The fourth-order valence-corrected chi connectivity index (χ4v) is 4.61. The Kier molecular flexibility index (Phi) is 8.61. The third kappa shape index (κ3) is 7.52. The minimum Gasteiger partial charge on any atom is -0.388 e. The summed E-state index contributed by atoms with van der Waals surface area (Å²) in [7, 11) is 0.